The quantitative estimate of drug-likeness (QED) is 0.651. The summed E-state index contributed by atoms with van der Waals surface area (Å²) in [5.41, 5.74) is 0. The molecule has 1 rings (SSSR count). The lowest BCUT2D eigenvalue weighted by Gasteiger charge is -2.32. The highest BCUT2D eigenvalue weighted by molar-refractivity contribution is 5.83. The van der Waals surface area contributed by atoms with Crippen LogP contribution in [0.3, 0.4) is 0 Å². The third kappa shape index (κ3) is 4.74. The Morgan fingerprint density at radius 2 is 2.21 bits per heavy atom. The predicted octanol–water partition coefficient (Wildman–Crippen LogP) is -0.565. The summed E-state index contributed by atoms with van der Waals surface area (Å²) in [6.45, 7) is 2.58. The van der Waals surface area contributed by atoms with E-state index in [0.29, 0.717) is 6.61 Å². The van der Waals surface area contributed by atoms with Crippen LogP contribution in [0.5, 0.6) is 0 Å². The third-order valence-corrected chi connectivity index (χ3v) is 2.59. The van der Waals surface area contributed by atoms with Gasteiger partial charge in [0.15, 0.2) is 6.04 Å². The zero-order chi connectivity index (χ0) is 14.3. The first-order valence-electron chi connectivity index (χ1n) is 6.07. The SMILES string of the molecule is CCOC(=O)CCNC(=O)N1CCOCC1C(=O)O. The number of nitrogens with zero attached hydrogens (tertiary/aromatic N) is 1. The van der Waals surface area contributed by atoms with Gasteiger partial charge in [0, 0.05) is 13.1 Å². The van der Waals surface area contributed by atoms with Gasteiger partial charge in [-0.1, -0.05) is 0 Å². The van der Waals surface area contributed by atoms with Gasteiger partial charge in [0.05, 0.1) is 26.2 Å². The smallest absolute Gasteiger partial charge is 0.328 e. The van der Waals surface area contributed by atoms with Crippen LogP contribution in [0.4, 0.5) is 4.79 Å². The van der Waals surface area contributed by atoms with Crippen LogP contribution in [-0.4, -0.2) is 66.9 Å². The molecular weight excluding hydrogens is 256 g/mol. The fraction of sp³-hybridized carbons (Fsp3) is 0.727. The summed E-state index contributed by atoms with van der Waals surface area (Å²) in [4.78, 5) is 35.0. The van der Waals surface area contributed by atoms with Gasteiger partial charge in [0.1, 0.15) is 0 Å². The number of rotatable bonds is 5. The summed E-state index contributed by atoms with van der Waals surface area (Å²) in [6.07, 6.45) is 0.0572. The summed E-state index contributed by atoms with van der Waals surface area (Å²) in [5.74, 6) is -1.51. The minimum absolute atomic E-state index is 0.0272. The molecular formula is C11H18N2O6. The molecule has 1 aliphatic heterocycles. The monoisotopic (exact) mass is 274 g/mol. The summed E-state index contributed by atoms with van der Waals surface area (Å²) in [7, 11) is 0. The van der Waals surface area contributed by atoms with Crippen molar-refractivity contribution in [3.05, 3.63) is 0 Å². The van der Waals surface area contributed by atoms with Crippen molar-refractivity contribution in [1.29, 1.82) is 0 Å². The lowest BCUT2D eigenvalue weighted by atomic mass is 10.2. The lowest BCUT2D eigenvalue weighted by molar-refractivity contribution is -0.147. The van der Waals surface area contributed by atoms with Gasteiger partial charge < -0.3 is 24.8 Å². The number of urea groups is 1. The van der Waals surface area contributed by atoms with Gasteiger partial charge in [0.25, 0.3) is 0 Å². The Bertz CT molecular complexity index is 346. The van der Waals surface area contributed by atoms with Gasteiger partial charge in [-0.3, -0.25) is 4.79 Å². The lowest BCUT2D eigenvalue weighted by Crippen LogP contribution is -2.55. The van der Waals surface area contributed by atoms with Crippen molar-refractivity contribution in [3.63, 3.8) is 0 Å². The van der Waals surface area contributed by atoms with Crippen LogP contribution in [0.2, 0.25) is 0 Å². The van der Waals surface area contributed by atoms with Crippen molar-refractivity contribution >= 4 is 18.0 Å². The van der Waals surface area contributed by atoms with Crippen LogP contribution in [-0.2, 0) is 19.1 Å². The molecule has 0 aliphatic carbocycles. The number of carboxylic acids is 1. The van der Waals surface area contributed by atoms with Crippen LogP contribution in [0.15, 0.2) is 0 Å². The van der Waals surface area contributed by atoms with Crippen LogP contribution < -0.4 is 5.32 Å². The van der Waals surface area contributed by atoms with Crippen LogP contribution in [0.1, 0.15) is 13.3 Å². The van der Waals surface area contributed by atoms with E-state index in [1.54, 1.807) is 6.92 Å². The first kappa shape index (κ1) is 15.2. The Balaban J connectivity index is 2.38. The normalized spacial score (nSPS) is 18.8. The molecule has 0 saturated carbocycles. The highest BCUT2D eigenvalue weighted by atomic mass is 16.5. The molecule has 0 bridgehead atoms. The minimum atomic E-state index is -1.11. The molecule has 1 unspecified atom stereocenters. The predicted molar refractivity (Wildman–Crippen MR) is 63.6 cm³/mol. The maximum absolute atomic E-state index is 11.8. The summed E-state index contributed by atoms with van der Waals surface area (Å²) in [5, 5.41) is 11.5. The Hall–Kier alpha value is -1.83. The molecule has 8 nitrogen and oxygen atoms in total. The number of carbonyl (C=O) groups is 3. The van der Waals surface area contributed by atoms with E-state index in [1.165, 1.54) is 4.90 Å². The summed E-state index contributed by atoms with van der Waals surface area (Å²) < 4.78 is 9.73. The van der Waals surface area contributed by atoms with Crippen molar-refractivity contribution < 1.29 is 29.0 Å². The van der Waals surface area contributed by atoms with E-state index in [2.05, 4.69) is 5.32 Å². The van der Waals surface area contributed by atoms with Crippen molar-refractivity contribution in [2.75, 3.05) is 32.9 Å². The van der Waals surface area contributed by atoms with Gasteiger partial charge in [-0.25, -0.2) is 9.59 Å². The van der Waals surface area contributed by atoms with Gasteiger partial charge in [0.2, 0.25) is 0 Å². The average molecular weight is 274 g/mol. The molecule has 1 aliphatic rings. The topological polar surface area (TPSA) is 105 Å². The number of carboxylic acid groups (broad SMARTS) is 1. The second-order valence-electron chi connectivity index (χ2n) is 3.91. The number of hydrogen-bond donors (Lipinski definition) is 2. The van der Waals surface area contributed by atoms with Gasteiger partial charge in [-0.2, -0.15) is 0 Å². The zero-order valence-corrected chi connectivity index (χ0v) is 10.8. The highest BCUT2D eigenvalue weighted by Crippen LogP contribution is 2.07. The number of hydrogen-bond acceptors (Lipinski definition) is 5. The summed E-state index contributed by atoms with van der Waals surface area (Å²) >= 11 is 0. The number of nitrogens with one attached hydrogen (secondary N) is 1. The number of morpholine rings is 1. The Kier molecular flexibility index (Phi) is 6.07. The Labute approximate surface area is 110 Å². The van der Waals surface area contributed by atoms with E-state index < -0.39 is 24.0 Å². The molecule has 1 atom stereocenters. The Morgan fingerprint density at radius 3 is 2.84 bits per heavy atom. The minimum Gasteiger partial charge on any atom is -0.480 e. The number of esters is 1. The molecule has 0 aromatic rings. The van der Waals surface area contributed by atoms with E-state index in [1.807, 2.05) is 0 Å². The fourth-order valence-corrected chi connectivity index (χ4v) is 1.66. The van der Waals surface area contributed by atoms with Gasteiger partial charge >= 0.3 is 18.0 Å². The molecule has 8 heteroatoms. The van der Waals surface area contributed by atoms with Gasteiger partial charge in [-0.05, 0) is 6.92 Å². The molecule has 2 N–H and O–H groups in total. The fourth-order valence-electron chi connectivity index (χ4n) is 1.66. The maximum Gasteiger partial charge on any atom is 0.328 e. The van der Waals surface area contributed by atoms with E-state index in [0.717, 1.165) is 0 Å². The highest BCUT2D eigenvalue weighted by Gasteiger charge is 2.32. The largest absolute Gasteiger partial charge is 0.480 e. The first-order chi connectivity index (χ1) is 9.06. The van der Waals surface area contributed by atoms with Crippen molar-refractivity contribution in [2.45, 2.75) is 19.4 Å². The van der Waals surface area contributed by atoms with Crippen LogP contribution >= 0.6 is 0 Å². The first-order valence-corrected chi connectivity index (χ1v) is 6.07. The van der Waals surface area contributed by atoms with E-state index >= 15 is 0 Å². The molecule has 108 valence electrons. The molecule has 0 aromatic heterocycles. The van der Waals surface area contributed by atoms with Gasteiger partial charge in [-0.15, -0.1) is 0 Å². The molecule has 1 saturated heterocycles. The Morgan fingerprint density at radius 1 is 1.47 bits per heavy atom. The number of amides is 2. The molecule has 1 fully saturated rings. The molecule has 0 radical (unpaired) electrons. The molecule has 1 heterocycles. The average Bonchev–Trinajstić information content (AvgIpc) is 2.38. The van der Waals surface area contributed by atoms with E-state index in [9.17, 15) is 14.4 Å². The van der Waals surface area contributed by atoms with Crippen molar-refractivity contribution in [2.24, 2.45) is 0 Å². The number of aliphatic carboxylic acids is 1. The zero-order valence-electron chi connectivity index (χ0n) is 10.8. The molecule has 2 amide bonds. The second-order valence-corrected chi connectivity index (χ2v) is 3.91. The van der Waals surface area contributed by atoms with Crippen LogP contribution in [0, 0.1) is 0 Å². The maximum atomic E-state index is 11.8. The molecule has 0 aromatic carbocycles. The summed E-state index contributed by atoms with van der Waals surface area (Å²) in [6, 6.07) is -1.50. The van der Waals surface area contributed by atoms with Crippen molar-refractivity contribution in [1.82, 2.24) is 10.2 Å². The molecule has 19 heavy (non-hydrogen) atoms. The second kappa shape index (κ2) is 7.57. The van der Waals surface area contributed by atoms with Crippen LogP contribution in [0.25, 0.3) is 0 Å². The van der Waals surface area contributed by atoms with E-state index in [-0.39, 0.29) is 32.7 Å². The van der Waals surface area contributed by atoms with E-state index in [4.69, 9.17) is 14.6 Å². The molecule has 0 spiro atoms. The standard InChI is InChI=1S/C11H18N2O6/c1-2-19-9(14)3-4-12-11(17)13-5-6-18-7-8(13)10(15)16/h8H,2-7H2,1H3,(H,12,17)(H,15,16). The van der Waals surface area contributed by atoms with Crippen molar-refractivity contribution in [3.8, 4) is 0 Å². The third-order valence-electron chi connectivity index (χ3n) is 2.59. The number of ether oxygens (including phenoxy) is 2. The number of carbonyl (C=O) groups excluding carboxylic acids is 2.